The van der Waals surface area contributed by atoms with Crippen LogP contribution in [0.2, 0.25) is 0 Å². The third-order valence-corrected chi connectivity index (χ3v) is 3.66. The van der Waals surface area contributed by atoms with Gasteiger partial charge in [-0.1, -0.05) is 25.5 Å². The average molecular weight is 246 g/mol. The molecule has 18 heavy (non-hydrogen) atoms. The molecule has 3 nitrogen and oxygen atoms in total. The Bertz CT molecular complexity index is 413. The highest BCUT2D eigenvalue weighted by atomic mass is 16.2. The number of rotatable bonds is 5. The molecule has 0 saturated heterocycles. The average Bonchev–Trinajstić information content (AvgIpc) is 2.32. The highest BCUT2D eigenvalue weighted by molar-refractivity contribution is 5.96. The molecule has 2 rings (SSSR count). The molecule has 0 heterocycles. The van der Waals surface area contributed by atoms with Crippen LogP contribution in [0, 0.1) is 5.92 Å². The molecule has 1 fully saturated rings. The number of hydrogen-bond acceptors (Lipinski definition) is 2. The highest BCUT2D eigenvalue weighted by Gasteiger charge is 2.24. The minimum atomic E-state index is 0.222. The van der Waals surface area contributed by atoms with Gasteiger partial charge in [0.05, 0.1) is 11.4 Å². The first-order chi connectivity index (χ1) is 8.72. The predicted molar refractivity (Wildman–Crippen MR) is 75.5 cm³/mol. The minimum Gasteiger partial charge on any atom is -0.397 e. The number of nitrogens with zero attached hydrogens (tertiary/aromatic N) is 1. The predicted octanol–water partition coefficient (Wildman–Crippen LogP) is 3.20. The van der Waals surface area contributed by atoms with Gasteiger partial charge in [0.25, 0.3) is 0 Å². The molecule has 0 radical (unpaired) electrons. The SMILES string of the molecule is CCCN(C(=O)CC1CCC1)c1ccccc1N. The lowest BCUT2D eigenvalue weighted by Crippen LogP contribution is -2.34. The fraction of sp³-hybridized carbons (Fsp3) is 0.533. The van der Waals surface area contributed by atoms with Crippen LogP contribution in [0.15, 0.2) is 24.3 Å². The molecule has 1 saturated carbocycles. The number of anilines is 2. The van der Waals surface area contributed by atoms with Crippen molar-refractivity contribution in [3.8, 4) is 0 Å². The maximum atomic E-state index is 12.4. The number of hydrogen-bond donors (Lipinski definition) is 1. The van der Waals surface area contributed by atoms with Gasteiger partial charge in [-0.05, 0) is 37.3 Å². The first kappa shape index (κ1) is 12.9. The molecule has 98 valence electrons. The van der Waals surface area contributed by atoms with Crippen molar-refractivity contribution in [1.82, 2.24) is 0 Å². The molecule has 3 heteroatoms. The zero-order valence-corrected chi connectivity index (χ0v) is 11.1. The van der Waals surface area contributed by atoms with Crippen LogP contribution in [0.5, 0.6) is 0 Å². The minimum absolute atomic E-state index is 0.222. The van der Waals surface area contributed by atoms with Crippen molar-refractivity contribution >= 4 is 17.3 Å². The van der Waals surface area contributed by atoms with E-state index in [0.717, 1.165) is 18.7 Å². The summed E-state index contributed by atoms with van der Waals surface area (Å²) in [4.78, 5) is 14.2. The van der Waals surface area contributed by atoms with E-state index in [1.54, 1.807) is 0 Å². The topological polar surface area (TPSA) is 46.3 Å². The summed E-state index contributed by atoms with van der Waals surface area (Å²) >= 11 is 0. The summed E-state index contributed by atoms with van der Waals surface area (Å²) < 4.78 is 0. The van der Waals surface area contributed by atoms with E-state index in [4.69, 9.17) is 5.73 Å². The van der Waals surface area contributed by atoms with Gasteiger partial charge in [0.1, 0.15) is 0 Å². The van der Waals surface area contributed by atoms with Gasteiger partial charge in [0.15, 0.2) is 0 Å². The molecular weight excluding hydrogens is 224 g/mol. The van der Waals surface area contributed by atoms with Gasteiger partial charge in [0.2, 0.25) is 5.91 Å². The standard InChI is InChI=1S/C15H22N2O/c1-2-10-17(14-9-4-3-8-13(14)16)15(18)11-12-6-5-7-12/h3-4,8-9,12H,2,5-7,10-11,16H2,1H3. The number of para-hydroxylation sites is 2. The lowest BCUT2D eigenvalue weighted by molar-refractivity contribution is -0.120. The van der Waals surface area contributed by atoms with Crippen molar-refractivity contribution in [2.75, 3.05) is 17.2 Å². The van der Waals surface area contributed by atoms with Gasteiger partial charge in [-0.2, -0.15) is 0 Å². The summed E-state index contributed by atoms with van der Waals surface area (Å²) in [6.07, 6.45) is 5.31. The fourth-order valence-electron chi connectivity index (χ4n) is 2.39. The normalized spacial score (nSPS) is 15.2. The Hall–Kier alpha value is -1.51. The van der Waals surface area contributed by atoms with Gasteiger partial charge in [-0.25, -0.2) is 0 Å². The van der Waals surface area contributed by atoms with Gasteiger partial charge in [0, 0.05) is 13.0 Å². The second-order valence-corrected chi connectivity index (χ2v) is 5.11. The second kappa shape index (κ2) is 5.89. The maximum absolute atomic E-state index is 12.4. The number of carbonyl (C=O) groups is 1. The molecule has 1 aliphatic rings. The van der Waals surface area contributed by atoms with E-state index in [9.17, 15) is 4.79 Å². The molecule has 1 aromatic rings. The zero-order valence-electron chi connectivity index (χ0n) is 11.1. The Morgan fingerprint density at radius 2 is 2.11 bits per heavy atom. The summed E-state index contributed by atoms with van der Waals surface area (Å²) in [5.74, 6) is 0.821. The van der Waals surface area contributed by atoms with Crippen LogP contribution in [-0.2, 0) is 4.79 Å². The van der Waals surface area contributed by atoms with E-state index in [1.807, 2.05) is 29.2 Å². The largest absolute Gasteiger partial charge is 0.397 e. The Morgan fingerprint density at radius 1 is 1.39 bits per heavy atom. The zero-order chi connectivity index (χ0) is 13.0. The van der Waals surface area contributed by atoms with Crippen LogP contribution in [0.1, 0.15) is 39.0 Å². The van der Waals surface area contributed by atoms with E-state index in [1.165, 1.54) is 19.3 Å². The number of carbonyl (C=O) groups excluding carboxylic acids is 1. The monoisotopic (exact) mass is 246 g/mol. The van der Waals surface area contributed by atoms with Gasteiger partial charge in [-0.3, -0.25) is 4.79 Å². The van der Waals surface area contributed by atoms with Crippen LogP contribution in [0.25, 0.3) is 0 Å². The second-order valence-electron chi connectivity index (χ2n) is 5.11. The molecule has 0 unspecified atom stereocenters. The van der Waals surface area contributed by atoms with Crippen molar-refractivity contribution in [2.45, 2.75) is 39.0 Å². The Kier molecular flexibility index (Phi) is 4.24. The summed E-state index contributed by atoms with van der Waals surface area (Å²) in [5, 5.41) is 0. The molecule has 0 aromatic heterocycles. The van der Waals surface area contributed by atoms with E-state index < -0.39 is 0 Å². The first-order valence-electron chi connectivity index (χ1n) is 6.87. The number of nitrogen functional groups attached to an aromatic ring is 1. The Morgan fingerprint density at radius 3 is 2.67 bits per heavy atom. The van der Waals surface area contributed by atoms with E-state index >= 15 is 0 Å². The molecular formula is C15H22N2O. The molecule has 0 spiro atoms. The van der Waals surface area contributed by atoms with Crippen LogP contribution in [-0.4, -0.2) is 12.5 Å². The summed E-state index contributed by atoms with van der Waals surface area (Å²) in [6.45, 7) is 2.84. The van der Waals surface area contributed by atoms with Gasteiger partial charge < -0.3 is 10.6 Å². The molecule has 1 amide bonds. The lowest BCUT2D eigenvalue weighted by atomic mass is 9.82. The Labute approximate surface area is 109 Å². The van der Waals surface area contributed by atoms with E-state index in [0.29, 0.717) is 18.0 Å². The van der Waals surface area contributed by atoms with Crippen LogP contribution in [0.4, 0.5) is 11.4 Å². The van der Waals surface area contributed by atoms with Crippen molar-refractivity contribution in [1.29, 1.82) is 0 Å². The first-order valence-corrected chi connectivity index (χ1v) is 6.87. The number of nitrogens with two attached hydrogens (primary N) is 1. The summed E-state index contributed by atoms with van der Waals surface area (Å²) in [5.41, 5.74) is 7.53. The highest BCUT2D eigenvalue weighted by Crippen LogP contribution is 2.31. The molecule has 0 bridgehead atoms. The quantitative estimate of drug-likeness (QED) is 0.811. The van der Waals surface area contributed by atoms with Crippen LogP contribution < -0.4 is 10.6 Å². The molecule has 1 aliphatic carbocycles. The number of benzene rings is 1. The summed E-state index contributed by atoms with van der Waals surface area (Å²) in [7, 11) is 0. The summed E-state index contributed by atoms with van der Waals surface area (Å²) in [6, 6.07) is 7.63. The third kappa shape index (κ3) is 2.84. The smallest absolute Gasteiger partial charge is 0.227 e. The van der Waals surface area contributed by atoms with Gasteiger partial charge >= 0.3 is 0 Å². The fourth-order valence-corrected chi connectivity index (χ4v) is 2.39. The van der Waals surface area contributed by atoms with Crippen molar-refractivity contribution in [3.05, 3.63) is 24.3 Å². The van der Waals surface area contributed by atoms with Crippen LogP contribution in [0.3, 0.4) is 0 Å². The van der Waals surface area contributed by atoms with Crippen molar-refractivity contribution in [2.24, 2.45) is 5.92 Å². The van der Waals surface area contributed by atoms with Crippen molar-refractivity contribution < 1.29 is 4.79 Å². The van der Waals surface area contributed by atoms with Crippen molar-refractivity contribution in [3.63, 3.8) is 0 Å². The molecule has 0 atom stereocenters. The third-order valence-electron chi connectivity index (χ3n) is 3.66. The number of amides is 1. The maximum Gasteiger partial charge on any atom is 0.227 e. The van der Waals surface area contributed by atoms with E-state index in [-0.39, 0.29) is 5.91 Å². The van der Waals surface area contributed by atoms with E-state index in [2.05, 4.69) is 6.92 Å². The molecule has 1 aromatic carbocycles. The molecule has 2 N–H and O–H groups in total. The molecule has 0 aliphatic heterocycles. The lowest BCUT2D eigenvalue weighted by Gasteiger charge is -2.29. The Balaban J connectivity index is 2.11. The van der Waals surface area contributed by atoms with Gasteiger partial charge in [-0.15, -0.1) is 0 Å². The van der Waals surface area contributed by atoms with Crippen LogP contribution >= 0.6 is 0 Å².